The first kappa shape index (κ1) is 44.2. The Labute approximate surface area is 460 Å². The zero-order valence-corrected chi connectivity index (χ0v) is 43.2. The maximum atomic E-state index is 7.28. The molecule has 0 amide bonds. The highest BCUT2D eigenvalue weighted by Crippen LogP contribution is 2.64. The van der Waals surface area contributed by atoms with E-state index in [2.05, 4.69) is 248 Å². The number of para-hydroxylation sites is 1. The zero-order chi connectivity index (χ0) is 51.8. The molecule has 4 aliphatic rings. The molecule has 0 saturated carbocycles. The average molecular weight is 1030 g/mol. The van der Waals surface area contributed by atoms with Crippen molar-refractivity contribution in [3.8, 4) is 99.9 Å². The van der Waals surface area contributed by atoms with Gasteiger partial charge in [-0.05, 0) is 97.6 Å². The maximum absolute atomic E-state index is 7.28. The normalized spacial score (nSPS) is 14.0. The monoisotopic (exact) mass is 1030 g/mol. The van der Waals surface area contributed by atoms with Gasteiger partial charge in [0.1, 0.15) is 33.0 Å². The van der Waals surface area contributed by atoms with Crippen LogP contribution in [0, 0.1) is 0 Å². The molecule has 2 aromatic heterocycles. The van der Waals surface area contributed by atoms with Crippen molar-refractivity contribution >= 4 is 22.2 Å². The van der Waals surface area contributed by atoms with Crippen molar-refractivity contribution in [3.05, 3.63) is 305 Å². The van der Waals surface area contributed by atoms with Crippen LogP contribution in [-0.2, 0) is 10.8 Å². The summed E-state index contributed by atoms with van der Waals surface area (Å²) in [5.41, 5.74) is 22.2. The first-order valence-corrected chi connectivity index (χ1v) is 27.6. The molecular formula is C73H43N3O2S. The zero-order valence-electron chi connectivity index (χ0n) is 42.4. The largest absolute Gasteiger partial charge is 0.457 e. The molecule has 0 radical (unpaired) electrons. The number of hydrogen-bond acceptors (Lipinski definition) is 6. The molecule has 0 unspecified atom stereocenters. The highest BCUT2D eigenvalue weighted by molar-refractivity contribution is 7.17. The van der Waals surface area contributed by atoms with Crippen molar-refractivity contribution in [2.24, 2.45) is 0 Å². The van der Waals surface area contributed by atoms with Crippen molar-refractivity contribution in [2.45, 2.75) is 10.8 Å². The van der Waals surface area contributed by atoms with E-state index in [1.807, 2.05) is 18.2 Å². The standard InChI is InChI=1S/C73H43N3O2S/c1-3-17-44(18-4-1)64-40-36-55-49(34-35-50(69(55)74-64)47-32-38-61-66(42-47)77-65-30-16-15-29-60(65)72(61)56-25-11-7-21-51(56)52-22-8-12-26-57(52)72)46-31-37-62-67(41-46)78-68-43-48(71-76-75-70(79-71)45-19-5-2-6-20-45)33-39-63(68)73(62)58-27-13-9-23-53(58)54-24-10-14-28-59(54)73/h1-43H. The van der Waals surface area contributed by atoms with Crippen LogP contribution in [0.25, 0.3) is 87.8 Å². The SMILES string of the molecule is c1ccc(-c2ccc3c(-c4ccc5c(c4)Oc4cc(-c6nnc(-c7ccccc7)s6)ccc4C54c5ccccc5-c5ccccc54)ccc(-c4ccc5c(c4)Oc4ccccc4C54c5ccccc5-c5ccccc54)c3n2)cc1. The summed E-state index contributed by atoms with van der Waals surface area (Å²) in [6.07, 6.45) is 0. The average Bonchev–Trinajstić information content (AvgIpc) is 3.11. The predicted molar refractivity (Wildman–Crippen MR) is 317 cm³/mol. The van der Waals surface area contributed by atoms with Gasteiger partial charge in [0.25, 0.3) is 0 Å². The first-order valence-electron chi connectivity index (χ1n) is 26.8. The summed E-state index contributed by atoms with van der Waals surface area (Å²) in [5, 5.41) is 12.1. The Kier molecular flexibility index (Phi) is 9.36. The Morgan fingerprint density at radius 1 is 0.278 bits per heavy atom. The van der Waals surface area contributed by atoms with E-state index in [1.165, 1.54) is 44.5 Å². The number of hydrogen-bond donors (Lipinski definition) is 0. The number of fused-ring (bicyclic) bond motifs is 19. The molecule has 13 aromatic rings. The molecule has 0 fully saturated rings. The summed E-state index contributed by atoms with van der Waals surface area (Å²) >= 11 is 1.59. The van der Waals surface area contributed by atoms with E-state index in [-0.39, 0.29) is 0 Å². The van der Waals surface area contributed by atoms with Gasteiger partial charge in [-0.15, -0.1) is 10.2 Å². The molecule has 0 bridgehead atoms. The fourth-order valence-corrected chi connectivity index (χ4v) is 14.6. The fourth-order valence-electron chi connectivity index (χ4n) is 13.7. The fraction of sp³-hybridized carbons (Fsp3) is 0.0274. The van der Waals surface area contributed by atoms with Crippen molar-refractivity contribution in [2.75, 3.05) is 0 Å². The maximum Gasteiger partial charge on any atom is 0.148 e. The minimum atomic E-state index is -0.641. The van der Waals surface area contributed by atoms with E-state index in [0.717, 1.165) is 111 Å². The molecule has 17 rings (SSSR count). The smallest absolute Gasteiger partial charge is 0.148 e. The number of nitrogens with zero attached hydrogens (tertiary/aromatic N) is 3. The van der Waals surface area contributed by atoms with Gasteiger partial charge in [-0.2, -0.15) is 0 Å². The van der Waals surface area contributed by atoms with Gasteiger partial charge < -0.3 is 9.47 Å². The van der Waals surface area contributed by atoms with Crippen molar-refractivity contribution in [3.63, 3.8) is 0 Å². The summed E-state index contributed by atoms with van der Waals surface area (Å²) in [6.45, 7) is 0. The molecule has 6 heteroatoms. The van der Waals surface area contributed by atoms with Crippen LogP contribution in [0.1, 0.15) is 44.5 Å². The first-order chi connectivity index (χ1) is 39.1. The minimum absolute atomic E-state index is 0.553. The highest BCUT2D eigenvalue weighted by Gasteiger charge is 2.52. The summed E-state index contributed by atoms with van der Waals surface area (Å²) in [5.74, 6) is 3.29. The van der Waals surface area contributed by atoms with Gasteiger partial charge in [0.2, 0.25) is 0 Å². The van der Waals surface area contributed by atoms with Crippen molar-refractivity contribution in [1.82, 2.24) is 15.2 Å². The van der Waals surface area contributed by atoms with Crippen LogP contribution < -0.4 is 9.47 Å². The Hall–Kier alpha value is -10.0. The molecule has 5 nitrogen and oxygen atoms in total. The Morgan fingerprint density at radius 2 is 0.684 bits per heavy atom. The summed E-state index contributed by atoms with van der Waals surface area (Å²) in [7, 11) is 0. The molecule has 4 heterocycles. The Morgan fingerprint density at radius 3 is 1.24 bits per heavy atom. The molecule has 11 aromatic carbocycles. The van der Waals surface area contributed by atoms with Crippen LogP contribution in [0.4, 0.5) is 0 Å². The second-order valence-corrected chi connectivity index (χ2v) is 21.9. The van der Waals surface area contributed by atoms with Gasteiger partial charge >= 0.3 is 0 Å². The summed E-state index contributed by atoms with van der Waals surface area (Å²) in [6, 6.07) is 93.9. The van der Waals surface area contributed by atoms with E-state index >= 15 is 0 Å². The molecule has 0 saturated heterocycles. The number of rotatable bonds is 5. The Bertz CT molecular complexity index is 4610. The molecule has 368 valence electrons. The lowest BCUT2D eigenvalue weighted by molar-refractivity contribution is 0.436. The molecule has 2 aliphatic heterocycles. The van der Waals surface area contributed by atoms with Crippen LogP contribution in [-0.4, -0.2) is 15.2 Å². The summed E-state index contributed by atoms with van der Waals surface area (Å²) < 4.78 is 14.3. The van der Waals surface area contributed by atoms with E-state index in [1.54, 1.807) is 11.3 Å². The topological polar surface area (TPSA) is 57.1 Å². The lowest BCUT2D eigenvalue weighted by Crippen LogP contribution is -2.32. The molecule has 2 spiro atoms. The van der Waals surface area contributed by atoms with Gasteiger partial charge in [0.15, 0.2) is 0 Å². The number of aromatic nitrogens is 3. The molecule has 2 aliphatic carbocycles. The van der Waals surface area contributed by atoms with E-state index in [4.69, 9.17) is 19.6 Å². The van der Waals surface area contributed by atoms with Crippen molar-refractivity contribution < 1.29 is 9.47 Å². The van der Waals surface area contributed by atoms with Gasteiger partial charge in [0.05, 0.1) is 22.0 Å². The number of ether oxygens (including phenoxy) is 2. The van der Waals surface area contributed by atoms with Crippen LogP contribution in [0.3, 0.4) is 0 Å². The van der Waals surface area contributed by atoms with Crippen LogP contribution in [0.2, 0.25) is 0 Å². The molecule has 0 atom stereocenters. The molecule has 79 heavy (non-hydrogen) atoms. The summed E-state index contributed by atoms with van der Waals surface area (Å²) in [4.78, 5) is 5.59. The van der Waals surface area contributed by atoms with Gasteiger partial charge in [-0.1, -0.05) is 236 Å². The minimum Gasteiger partial charge on any atom is -0.457 e. The lowest BCUT2D eigenvalue weighted by atomic mass is 9.66. The van der Waals surface area contributed by atoms with Crippen LogP contribution >= 0.6 is 11.3 Å². The quantitative estimate of drug-likeness (QED) is 0.172. The predicted octanol–water partition coefficient (Wildman–Crippen LogP) is 18.4. The van der Waals surface area contributed by atoms with Crippen LogP contribution in [0.5, 0.6) is 23.0 Å². The Balaban J connectivity index is 0.844. The lowest BCUT2D eigenvalue weighted by Gasteiger charge is -2.39. The van der Waals surface area contributed by atoms with E-state index in [0.29, 0.717) is 0 Å². The van der Waals surface area contributed by atoms with E-state index in [9.17, 15) is 0 Å². The third kappa shape index (κ3) is 6.17. The van der Waals surface area contributed by atoms with Crippen molar-refractivity contribution in [1.29, 1.82) is 0 Å². The van der Waals surface area contributed by atoms with Gasteiger partial charge in [-0.25, -0.2) is 4.98 Å². The number of pyridine rings is 1. The van der Waals surface area contributed by atoms with E-state index < -0.39 is 10.8 Å². The second-order valence-electron chi connectivity index (χ2n) is 20.9. The number of benzene rings is 11. The molecular weight excluding hydrogens is 983 g/mol. The highest BCUT2D eigenvalue weighted by atomic mass is 32.1. The molecule has 0 N–H and O–H groups in total. The third-order valence-corrected chi connectivity index (χ3v) is 18.1. The van der Waals surface area contributed by atoms with Gasteiger partial charge in [-0.3, -0.25) is 0 Å². The van der Waals surface area contributed by atoms with Crippen LogP contribution in [0.15, 0.2) is 261 Å². The third-order valence-electron chi connectivity index (χ3n) is 17.0. The van der Waals surface area contributed by atoms with Gasteiger partial charge in [0, 0.05) is 49.9 Å². The second kappa shape index (κ2) is 16.7.